The van der Waals surface area contributed by atoms with Gasteiger partial charge in [-0.15, -0.1) is 0 Å². The zero-order chi connectivity index (χ0) is 24.3. The third kappa shape index (κ3) is 4.51. The van der Waals surface area contributed by atoms with Crippen LogP contribution in [0.1, 0.15) is 26.9 Å². The molecule has 0 bridgehead atoms. The van der Waals surface area contributed by atoms with Crippen LogP contribution >= 0.6 is 0 Å². The molecule has 1 atom stereocenters. The van der Waals surface area contributed by atoms with Crippen LogP contribution in [0.5, 0.6) is 5.75 Å². The van der Waals surface area contributed by atoms with Crippen molar-refractivity contribution in [3.05, 3.63) is 96.0 Å². The molecule has 1 unspecified atom stereocenters. The molecule has 0 fully saturated rings. The van der Waals surface area contributed by atoms with Crippen molar-refractivity contribution >= 4 is 21.5 Å². The molecule has 4 aromatic rings. The Hall–Kier alpha value is -4.11. The quantitative estimate of drug-likeness (QED) is 0.365. The summed E-state index contributed by atoms with van der Waals surface area (Å²) in [5.41, 5.74) is 1.51. The summed E-state index contributed by atoms with van der Waals surface area (Å²) in [5.74, 6) is -0.289. The van der Waals surface area contributed by atoms with Gasteiger partial charge in [0.05, 0.1) is 29.5 Å². The van der Waals surface area contributed by atoms with Gasteiger partial charge in [0.2, 0.25) is 9.84 Å². The first-order valence-electron chi connectivity index (χ1n) is 10.3. The van der Waals surface area contributed by atoms with Crippen molar-refractivity contribution in [3.8, 4) is 17.1 Å². The summed E-state index contributed by atoms with van der Waals surface area (Å²) < 4.78 is 38.2. The summed E-state index contributed by atoms with van der Waals surface area (Å²) in [6.45, 7) is 1.76. The Morgan fingerprint density at radius 1 is 1.12 bits per heavy atom. The maximum Gasteiger partial charge on any atom is 0.337 e. The minimum atomic E-state index is -4.05. The number of benzene rings is 2. The second-order valence-corrected chi connectivity index (χ2v) is 9.58. The molecule has 2 aromatic heterocycles. The van der Waals surface area contributed by atoms with Crippen LogP contribution in [-0.4, -0.2) is 31.6 Å². The normalized spacial score (nSPS) is 12.2. The van der Waals surface area contributed by atoms with Crippen LogP contribution in [0.3, 0.4) is 0 Å². The van der Waals surface area contributed by atoms with E-state index in [0.29, 0.717) is 28.2 Å². The minimum Gasteiger partial charge on any atom is -0.497 e. The molecule has 2 heterocycles. The van der Waals surface area contributed by atoms with E-state index in [9.17, 15) is 18.3 Å². The van der Waals surface area contributed by atoms with Gasteiger partial charge in [-0.25, -0.2) is 13.2 Å². The first kappa shape index (κ1) is 23.1. The standard InChI is InChI=1S/C25H22N2O6S/c1-16-13-20(22-6-4-12-33-22)23(21(14-16)25(28)29)27-24(17-5-3-11-26-15-17)34(30,31)19-9-7-18(32-2)8-10-19/h3-15,24,27H,1-2H3,(H,28,29). The lowest BCUT2D eigenvalue weighted by atomic mass is 10.0. The molecule has 0 spiro atoms. The second kappa shape index (κ2) is 9.40. The average molecular weight is 479 g/mol. The highest BCUT2D eigenvalue weighted by Gasteiger charge is 2.32. The van der Waals surface area contributed by atoms with Crippen molar-refractivity contribution in [2.75, 3.05) is 12.4 Å². The van der Waals surface area contributed by atoms with E-state index in [-0.39, 0.29) is 16.1 Å². The van der Waals surface area contributed by atoms with Gasteiger partial charge >= 0.3 is 5.97 Å². The number of nitrogens with one attached hydrogen (secondary N) is 1. The van der Waals surface area contributed by atoms with E-state index in [1.807, 2.05) is 0 Å². The van der Waals surface area contributed by atoms with Gasteiger partial charge in [-0.3, -0.25) is 4.98 Å². The van der Waals surface area contributed by atoms with Crippen LogP contribution in [0, 0.1) is 6.92 Å². The molecule has 2 N–H and O–H groups in total. The molecule has 174 valence electrons. The van der Waals surface area contributed by atoms with E-state index < -0.39 is 21.2 Å². The average Bonchev–Trinajstić information content (AvgIpc) is 3.38. The number of ether oxygens (including phenoxy) is 1. The molecule has 9 heteroatoms. The fraction of sp³-hybridized carbons (Fsp3) is 0.120. The molecule has 2 aromatic carbocycles. The van der Waals surface area contributed by atoms with E-state index in [1.54, 1.807) is 49.4 Å². The van der Waals surface area contributed by atoms with Gasteiger partial charge in [0, 0.05) is 23.5 Å². The number of anilines is 1. The summed E-state index contributed by atoms with van der Waals surface area (Å²) in [6, 6.07) is 15.8. The van der Waals surface area contributed by atoms with E-state index in [4.69, 9.17) is 9.15 Å². The van der Waals surface area contributed by atoms with Crippen molar-refractivity contribution in [1.82, 2.24) is 4.98 Å². The van der Waals surface area contributed by atoms with Crippen LogP contribution in [0.15, 0.2) is 88.6 Å². The Bertz CT molecular complexity index is 1400. The molecule has 0 amide bonds. The Morgan fingerprint density at radius 3 is 2.47 bits per heavy atom. The molecule has 0 saturated carbocycles. The Balaban J connectivity index is 1.91. The monoisotopic (exact) mass is 478 g/mol. The van der Waals surface area contributed by atoms with E-state index in [2.05, 4.69) is 10.3 Å². The van der Waals surface area contributed by atoms with Gasteiger partial charge < -0.3 is 19.6 Å². The van der Waals surface area contributed by atoms with Crippen molar-refractivity contribution in [1.29, 1.82) is 0 Å². The van der Waals surface area contributed by atoms with Crippen molar-refractivity contribution < 1.29 is 27.5 Å². The Labute approximate surface area is 196 Å². The fourth-order valence-corrected chi connectivity index (χ4v) is 5.20. The number of carbonyl (C=O) groups is 1. The van der Waals surface area contributed by atoms with Crippen LogP contribution < -0.4 is 10.1 Å². The summed E-state index contributed by atoms with van der Waals surface area (Å²) in [4.78, 5) is 16.3. The smallest absolute Gasteiger partial charge is 0.337 e. The number of methoxy groups -OCH3 is 1. The van der Waals surface area contributed by atoms with Gasteiger partial charge in [-0.2, -0.15) is 0 Å². The van der Waals surface area contributed by atoms with Crippen LogP contribution in [0.4, 0.5) is 5.69 Å². The highest BCUT2D eigenvalue weighted by molar-refractivity contribution is 7.91. The number of sulfone groups is 1. The lowest BCUT2D eigenvalue weighted by Crippen LogP contribution is -2.23. The molecule has 0 aliphatic rings. The molecular weight excluding hydrogens is 456 g/mol. The number of hydrogen-bond donors (Lipinski definition) is 2. The number of furan rings is 1. The Morgan fingerprint density at radius 2 is 1.88 bits per heavy atom. The molecule has 4 rings (SSSR count). The van der Waals surface area contributed by atoms with E-state index in [0.717, 1.165) is 0 Å². The number of aromatic carboxylic acids is 1. The lowest BCUT2D eigenvalue weighted by Gasteiger charge is -2.23. The number of carboxylic acid groups (broad SMARTS) is 1. The van der Waals surface area contributed by atoms with Gasteiger partial charge in [-0.1, -0.05) is 6.07 Å². The lowest BCUT2D eigenvalue weighted by molar-refractivity contribution is 0.0697. The number of hydrogen-bond acceptors (Lipinski definition) is 7. The van der Waals surface area contributed by atoms with E-state index >= 15 is 0 Å². The van der Waals surface area contributed by atoms with Crippen molar-refractivity contribution in [3.63, 3.8) is 0 Å². The predicted octanol–water partition coefficient (Wildman–Crippen LogP) is 4.94. The summed E-state index contributed by atoms with van der Waals surface area (Å²) >= 11 is 0. The van der Waals surface area contributed by atoms with Gasteiger partial charge in [0.15, 0.2) is 5.37 Å². The largest absolute Gasteiger partial charge is 0.497 e. The van der Waals surface area contributed by atoms with Crippen LogP contribution in [0.25, 0.3) is 11.3 Å². The number of aryl methyl sites for hydroxylation is 1. The highest BCUT2D eigenvalue weighted by atomic mass is 32.2. The first-order valence-corrected chi connectivity index (χ1v) is 11.8. The maximum absolute atomic E-state index is 13.8. The molecule has 34 heavy (non-hydrogen) atoms. The van der Waals surface area contributed by atoms with Gasteiger partial charge in [0.25, 0.3) is 0 Å². The third-order valence-electron chi connectivity index (χ3n) is 5.26. The van der Waals surface area contributed by atoms with Crippen molar-refractivity contribution in [2.24, 2.45) is 0 Å². The molecule has 0 radical (unpaired) electrons. The number of nitrogens with zero attached hydrogens (tertiary/aromatic N) is 1. The molecule has 0 saturated heterocycles. The summed E-state index contributed by atoms with van der Waals surface area (Å²) in [5, 5.41) is 11.6. The number of aromatic nitrogens is 1. The summed E-state index contributed by atoms with van der Waals surface area (Å²) in [7, 11) is -2.56. The fourth-order valence-electron chi connectivity index (χ4n) is 3.64. The molecule has 0 aliphatic carbocycles. The number of rotatable bonds is 8. The first-order chi connectivity index (χ1) is 16.3. The van der Waals surface area contributed by atoms with E-state index in [1.165, 1.54) is 44.0 Å². The SMILES string of the molecule is COc1ccc(S(=O)(=O)C(Nc2c(C(=O)O)cc(C)cc2-c2ccco2)c2cccnc2)cc1. The maximum atomic E-state index is 13.8. The molecule has 8 nitrogen and oxygen atoms in total. The second-order valence-electron chi connectivity index (χ2n) is 7.55. The molecule has 0 aliphatic heterocycles. The Kier molecular flexibility index (Phi) is 6.38. The molecular formula is C25H22N2O6S. The minimum absolute atomic E-state index is 0.0400. The number of carboxylic acids is 1. The zero-order valence-electron chi connectivity index (χ0n) is 18.4. The van der Waals surface area contributed by atoms with Crippen LogP contribution in [0.2, 0.25) is 0 Å². The number of pyridine rings is 1. The predicted molar refractivity (Wildman–Crippen MR) is 127 cm³/mol. The summed E-state index contributed by atoms with van der Waals surface area (Å²) in [6.07, 6.45) is 4.43. The highest BCUT2D eigenvalue weighted by Crippen LogP contribution is 2.38. The van der Waals surface area contributed by atoms with Gasteiger partial charge in [0.1, 0.15) is 11.5 Å². The zero-order valence-corrected chi connectivity index (χ0v) is 19.2. The third-order valence-corrected chi connectivity index (χ3v) is 7.20. The van der Waals surface area contributed by atoms with Gasteiger partial charge in [-0.05, 0) is 67.1 Å². The van der Waals surface area contributed by atoms with Crippen molar-refractivity contribution in [2.45, 2.75) is 17.2 Å². The van der Waals surface area contributed by atoms with Crippen LogP contribution in [-0.2, 0) is 9.84 Å². The topological polar surface area (TPSA) is 119 Å².